The lowest BCUT2D eigenvalue weighted by atomic mass is 10.0. The number of carbonyl (C=O) groups excluding carboxylic acids is 2. The maximum atomic E-state index is 12.8. The number of methoxy groups -OCH3 is 1. The largest absolute Gasteiger partial charge is 0.383 e. The fourth-order valence-electron chi connectivity index (χ4n) is 2.62. The number of carbonyl (C=O) groups is 2. The Bertz CT molecular complexity index is 559. The van der Waals surface area contributed by atoms with Crippen molar-refractivity contribution in [2.24, 2.45) is 5.73 Å². The fourth-order valence-corrected chi connectivity index (χ4v) is 2.62. The third-order valence-corrected chi connectivity index (χ3v) is 3.91. The van der Waals surface area contributed by atoms with Crippen molar-refractivity contribution in [2.75, 3.05) is 32.1 Å². The van der Waals surface area contributed by atoms with Crippen molar-refractivity contribution in [3.8, 4) is 0 Å². The molecule has 1 unspecified atom stereocenters. The van der Waals surface area contributed by atoms with Crippen molar-refractivity contribution in [3.05, 3.63) is 30.1 Å². The average Bonchev–Trinajstić information content (AvgIpc) is 2.57. The van der Waals surface area contributed by atoms with E-state index in [-0.39, 0.29) is 30.4 Å². The van der Waals surface area contributed by atoms with Crippen LogP contribution in [0.3, 0.4) is 0 Å². The zero-order chi connectivity index (χ0) is 17.5. The number of nitrogens with two attached hydrogens (primary N) is 1. The number of nitrogens with zero attached hydrogens (tertiary/aromatic N) is 1. The van der Waals surface area contributed by atoms with E-state index in [0.29, 0.717) is 31.6 Å². The molecule has 1 fully saturated rings. The first kappa shape index (κ1) is 18.2. The number of piperidine rings is 1. The van der Waals surface area contributed by atoms with Crippen molar-refractivity contribution in [2.45, 2.75) is 24.9 Å². The molecule has 24 heavy (non-hydrogen) atoms. The van der Waals surface area contributed by atoms with E-state index in [4.69, 9.17) is 10.5 Å². The molecule has 7 nitrogen and oxygen atoms in total. The molecule has 0 radical (unpaired) electrons. The third-order valence-electron chi connectivity index (χ3n) is 3.91. The monoisotopic (exact) mass is 338 g/mol. The quantitative estimate of drug-likeness (QED) is 0.743. The normalized spacial score (nSPS) is 16.5. The Morgan fingerprint density at radius 3 is 2.54 bits per heavy atom. The fraction of sp³-hybridized carbons (Fsp3) is 0.500. The van der Waals surface area contributed by atoms with Gasteiger partial charge in [-0.15, -0.1) is 0 Å². The molecule has 1 saturated heterocycles. The topological polar surface area (TPSA) is 96.7 Å². The lowest BCUT2D eigenvalue weighted by Gasteiger charge is -2.33. The molecule has 4 N–H and O–H groups in total. The van der Waals surface area contributed by atoms with Crippen molar-refractivity contribution < 1.29 is 18.7 Å². The van der Waals surface area contributed by atoms with Gasteiger partial charge in [-0.05, 0) is 37.1 Å². The van der Waals surface area contributed by atoms with Crippen LogP contribution in [0.2, 0.25) is 0 Å². The first-order valence-electron chi connectivity index (χ1n) is 7.86. The molecule has 0 bridgehead atoms. The van der Waals surface area contributed by atoms with Gasteiger partial charge < -0.3 is 26.0 Å². The summed E-state index contributed by atoms with van der Waals surface area (Å²) in [6.45, 7) is 1.27. The minimum absolute atomic E-state index is 0.0202. The van der Waals surface area contributed by atoms with E-state index in [2.05, 4.69) is 10.6 Å². The van der Waals surface area contributed by atoms with Gasteiger partial charge in [0.15, 0.2) is 0 Å². The molecule has 1 aliphatic heterocycles. The average molecular weight is 338 g/mol. The van der Waals surface area contributed by atoms with Crippen LogP contribution in [-0.2, 0) is 9.53 Å². The van der Waals surface area contributed by atoms with Crippen LogP contribution in [-0.4, -0.2) is 55.7 Å². The van der Waals surface area contributed by atoms with Gasteiger partial charge in [0.05, 0.1) is 6.61 Å². The molecule has 1 aromatic rings. The van der Waals surface area contributed by atoms with Gasteiger partial charge in [0.2, 0.25) is 5.91 Å². The Morgan fingerprint density at radius 1 is 1.33 bits per heavy atom. The van der Waals surface area contributed by atoms with E-state index < -0.39 is 6.04 Å². The van der Waals surface area contributed by atoms with Gasteiger partial charge >= 0.3 is 6.03 Å². The van der Waals surface area contributed by atoms with Gasteiger partial charge in [-0.1, -0.05) is 0 Å². The molecule has 0 aliphatic carbocycles. The number of benzene rings is 1. The van der Waals surface area contributed by atoms with Crippen LogP contribution in [0, 0.1) is 5.82 Å². The maximum absolute atomic E-state index is 12.8. The van der Waals surface area contributed by atoms with Crippen LogP contribution >= 0.6 is 0 Å². The number of amides is 3. The summed E-state index contributed by atoms with van der Waals surface area (Å²) in [4.78, 5) is 25.7. The lowest BCUT2D eigenvalue weighted by molar-refractivity contribution is -0.134. The van der Waals surface area contributed by atoms with E-state index in [1.807, 2.05) is 0 Å². The molecule has 2 rings (SSSR count). The summed E-state index contributed by atoms with van der Waals surface area (Å²) in [7, 11) is 1.50. The van der Waals surface area contributed by atoms with Crippen LogP contribution in [0.15, 0.2) is 24.3 Å². The second kappa shape index (κ2) is 8.60. The first-order valence-corrected chi connectivity index (χ1v) is 7.86. The molecule has 1 heterocycles. The van der Waals surface area contributed by atoms with Crippen molar-refractivity contribution in [1.82, 2.24) is 10.2 Å². The minimum Gasteiger partial charge on any atom is -0.383 e. The van der Waals surface area contributed by atoms with Crippen LogP contribution in [0.4, 0.5) is 14.9 Å². The summed E-state index contributed by atoms with van der Waals surface area (Å²) in [6, 6.07) is 4.53. The molecule has 8 heteroatoms. The predicted octanol–water partition coefficient (Wildman–Crippen LogP) is 0.912. The zero-order valence-electron chi connectivity index (χ0n) is 13.6. The Hall–Kier alpha value is -2.19. The molecule has 1 aliphatic rings. The van der Waals surface area contributed by atoms with Gasteiger partial charge in [0.1, 0.15) is 11.9 Å². The maximum Gasteiger partial charge on any atom is 0.319 e. The summed E-state index contributed by atoms with van der Waals surface area (Å²) in [6.07, 6.45) is 1.31. The smallest absolute Gasteiger partial charge is 0.319 e. The molecule has 0 saturated carbocycles. The van der Waals surface area contributed by atoms with Crippen LogP contribution in [0.25, 0.3) is 0 Å². The highest BCUT2D eigenvalue weighted by molar-refractivity contribution is 5.89. The number of hydrogen-bond donors (Lipinski definition) is 3. The van der Waals surface area contributed by atoms with Crippen molar-refractivity contribution in [3.63, 3.8) is 0 Å². The second-order valence-electron chi connectivity index (χ2n) is 5.77. The number of anilines is 1. The van der Waals surface area contributed by atoms with Gasteiger partial charge in [0.25, 0.3) is 0 Å². The van der Waals surface area contributed by atoms with E-state index >= 15 is 0 Å². The van der Waals surface area contributed by atoms with Gasteiger partial charge in [-0.25, -0.2) is 9.18 Å². The molecule has 1 atom stereocenters. The van der Waals surface area contributed by atoms with Crippen LogP contribution < -0.4 is 16.4 Å². The van der Waals surface area contributed by atoms with Crippen LogP contribution in [0.1, 0.15) is 12.8 Å². The van der Waals surface area contributed by atoms with Crippen LogP contribution in [0.5, 0.6) is 0 Å². The molecular weight excluding hydrogens is 315 g/mol. The molecule has 1 aromatic carbocycles. The highest BCUT2D eigenvalue weighted by Crippen LogP contribution is 2.12. The first-order chi connectivity index (χ1) is 11.5. The third kappa shape index (κ3) is 5.17. The number of likely N-dealkylation sites (tertiary alicyclic amines) is 1. The van der Waals surface area contributed by atoms with E-state index in [1.165, 1.54) is 31.4 Å². The summed E-state index contributed by atoms with van der Waals surface area (Å²) < 4.78 is 17.7. The molecular formula is C16H23FN4O3. The summed E-state index contributed by atoms with van der Waals surface area (Å²) >= 11 is 0. The Morgan fingerprint density at radius 2 is 1.96 bits per heavy atom. The van der Waals surface area contributed by atoms with Crippen molar-refractivity contribution in [1.29, 1.82) is 0 Å². The van der Waals surface area contributed by atoms with Gasteiger partial charge in [-0.2, -0.15) is 0 Å². The van der Waals surface area contributed by atoms with E-state index in [9.17, 15) is 14.0 Å². The second-order valence-corrected chi connectivity index (χ2v) is 5.77. The number of ether oxygens (including phenoxy) is 1. The molecule has 3 amide bonds. The SMILES string of the molecule is COCC(N)C(=O)N1CCC(NC(=O)Nc2ccc(F)cc2)CC1. The lowest BCUT2D eigenvalue weighted by Crippen LogP contribution is -2.52. The summed E-state index contributed by atoms with van der Waals surface area (Å²) in [5.74, 6) is -0.490. The van der Waals surface area contributed by atoms with E-state index in [0.717, 1.165) is 0 Å². The zero-order valence-corrected chi connectivity index (χ0v) is 13.6. The standard InChI is InChI=1S/C16H23FN4O3/c1-24-10-14(18)15(22)21-8-6-13(7-9-21)20-16(23)19-12-4-2-11(17)3-5-12/h2-5,13-14H,6-10,18H2,1H3,(H2,19,20,23). The number of nitrogens with one attached hydrogen (secondary N) is 2. The molecule has 0 spiro atoms. The highest BCUT2D eigenvalue weighted by Gasteiger charge is 2.26. The Labute approximate surface area is 140 Å². The Kier molecular flexibility index (Phi) is 6.51. The van der Waals surface area contributed by atoms with Gasteiger partial charge in [-0.3, -0.25) is 4.79 Å². The Balaban J connectivity index is 1.75. The predicted molar refractivity (Wildman–Crippen MR) is 88.0 cm³/mol. The number of halogens is 1. The summed E-state index contributed by atoms with van der Waals surface area (Å²) in [5.41, 5.74) is 6.27. The molecule has 0 aromatic heterocycles. The van der Waals surface area contributed by atoms with Gasteiger partial charge in [0, 0.05) is 31.9 Å². The number of hydrogen-bond acceptors (Lipinski definition) is 4. The number of rotatable bonds is 5. The molecule has 132 valence electrons. The number of urea groups is 1. The summed E-state index contributed by atoms with van der Waals surface area (Å²) in [5, 5.41) is 5.51. The van der Waals surface area contributed by atoms with E-state index in [1.54, 1.807) is 4.90 Å². The highest BCUT2D eigenvalue weighted by atomic mass is 19.1. The minimum atomic E-state index is -0.652. The van der Waals surface area contributed by atoms with Crippen molar-refractivity contribution >= 4 is 17.6 Å².